The highest BCUT2D eigenvalue weighted by molar-refractivity contribution is 5.91. The molecule has 1 N–H and O–H groups in total. The van der Waals surface area contributed by atoms with Gasteiger partial charge in [0.15, 0.2) is 5.76 Å². The maximum atomic E-state index is 12.0. The van der Waals surface area contributed by atoms with Crippen LogP contribution in [0.2, 0.25) is 0 Å². The van der Waals surface area contributed by atoms with E-state index in [-0.39, 0.29) is 5.91 Å². The summed E-state index contributed by atoms with van der Waals surface area (Å²) < 4.78 is 5.35. The number of aryl methyl sites for hydroxylation is 1. The van der Waals surface area contributed by atoms with Gasteiger partial charge >= 0.3 is 0 Å². The molecule has 4 nitrogen and oxygen atoms in total. The largest absolute Gasteiger partial charge is 0.456 e. The first kappa shape index (κ1) is 11.2. The number of carbonyl (C=O) groups is 1. The maximum Gasteiger partial charge on any atom is 0.289 e. The molecular formula is C12H19N2O2+. The van der Waals surface area contributed by atoms with E-state index in [4.69, 9.17) is 4.42 Å². The fourth-order valence-electron chi connectivity index (χ4n) is 2.08. The van der Waals surface area contributed by atoms with E-state index >= 15 is 0 Å². The van der Waals surface area contributed by atoms with Gasteiger partial charge in [0.2, 0.25) is 0 Å². The zero-order chi connectivity index (χ0) is 11.5. The first-order chi connectivity index (χ1) is 7.70. The molecule has 0 unspecified atom stereocenters. The number of furan rings is 1. The average molecular weight is 223 g/mol. The SMILES string of the molecule is CC[NH+]1CCN(C(=O)c2ccc(C)o2)CC1. The molecule has 4 heteroatoms. The number of quaternary nitrogens is 1. The van der Waals surface area contributed by atoms with E-state index in [9.17, 15) is 4.79 Å². The van der Waals surface area contributed by atoms with Crippen molar-refractivity contribution in [3.8, 4) is 0 Å². The summed E-state index contributed by atoms with van der Waals surface area (Å²) in [5, 5.41) is 0. The Balaban J connectivity index is 1.96. The molecule has 88 valence electrons. The van der Waals surface area contributed by atoms with Gasteiger partial charge in [-0.05, 0) is 26.0 Å². The van der Waals surface area contributed by atoms with E-state index in [1.54, 1.807) is 11.0 Å². The number of hydrogen-bond acceptors (Lipinski definition) is 2. The molecular weight excluding hydrogens is 204 g/mol. The second-order valence-corrected chi connectivity index (χ2v) is 4.31. The fourth-order valence-corrected chi connectivity index (χ4v) is 2.08. The van der Waals surface area contributed by atoms with E-state index in [2.05, 4.69) is 6.92 Å². The standard InChI is InChI=1S/C12H18N2O2/c1-3-13-6-8-14(9-7-13)12(15)11-5-4-10(2)16-11/h4-5H,3,6-9H2,1-2H3/p+1. The lowest BCUT2D eigenvalue weighted by Crippen LogP contribution is -3.14. The molecule has 2 rings (SSSR count). The molecule has 1 amide bonds. The number of likely N-dealkylation sites (N-methyl/N-ethyl adjacent to an activating group) is 1. The number of amides is 1. The Labute approximate surface area is 95.8 Å². The Kier molecular flexibility index (Phi) is 3.29. The number of piperazine rings is 1. The summed E-state index contributed by atoms with van der Waals surface area (Å²) in [6.07, 6.45) is 0. The van der Waals surface area contributed by atoms with Gasteiger partial charge < -0.3 is 14.2 Å². The van der Waals surface area contributed by atoms with Crippen LogP contribution in [0.4, 0.5) is 0 Å². The van der Waals surface area contributed by atoms with Crippen LogP contribution in [0.3, 0.4) is 0 Å². The first-order valence-electron chi connectivity index (χ1n) is 5.90. The Morgan fingerprint density at radius 2 is 2.12 bits per heavy atom. The zero-order valence-electron chi connectivity index (χ0n) is 9.95. The highest BCUT2D eigenvalue weighted by Gasteiger charge is 2.25. The number of hydrogen-bond donors (Lipinski definition) is 1. The fraction of sp³-hybridized carbons (Fsp3) is 0.583. The van der Waals surface area contributed by atoms with Gasteiger partial charge in [-0.15, -0.1) is 0 Å². The minimum atomic E-state index is 0.0308. The average Bonchev–Trinajstić information content (AvgIpc) is 2.75. The summed E-state index contributed by atoms with van der Waals surface area (Å²) in [5.41, 5.74) is 0. The Bertz CT molecular complexity index is 365. The Morgan fingerprint density at radius 3 is 2.62 bits per heavy atom. The van der Waals surface area contributed by atoms with Crippen molar-refractivity contribution < 1.29 is 14.1 Å². The summed E-state index contributed by atoms with van der Waals surface area (Å²) in [5.74, 6) is 1.29. The van der Waals surface area contributed by atoms with Gasteiger partial charge in [-0.1, -0.05) is 0 Å². The van der Waals surface area contributed by atoms with Crippen LogP contribution in [-0.2, 0) is 0 Å². The second kappa shape index (κ2) is 4.70. The van der Waals surface area contributed by atoms with E-state index in [0.717, 1.165) is 38.5 Å². The molecule has 2 heterocycles. The van der Waals surface area contributed by atoms with Crippen molar-refractivity contribution in [1.82, 2.24) is 4.90 Å². The zero-order valence-corrected chi connectivity index (χ0v) is 9.95. The van der Waals surface area contributed by atoms with Crippen molar-refractivity contribution >= 4 is 5.91 Å². The Hall–Kier alpha value is -1.29. The van der Waals surface area contributed by atoms with Crippen molar-refractivity contribution in [2.75, 3.05) is 32.7 Å². The minimum Gasteiger partial charge on any atom is -0.456 e. The maximum absolute atomic E-state index is 12.0. The van der Waals surface area contributed by atoms with Gasteiger partial charge in [0.25, 0.3) is 5.91 Å². The molecule has 1 aliphatic rings. The van der Waals surface area contributed by atoms with Crippen LogP contribution < -0.4 is 4.90 Å². The predicted molar refractivity (Wildman–Crippen MR) is 60.6 cm³/mol. The lowest BCUT2D eigenvalue weighted by molar-refractivity contribution is -0.902. The number of nitrogens with zero attached hydrogens (tertiary/aromatic N) is 1. The van der Waals surface area contributed by atoms with Crippen LogP contribution in [0.5, 0.6) is 0 Å². The smallest absolute Gasteiger partial charge is 0.289 e. The van der Waals surface area contributed by atoms with E-state index in [0.29, 0.717) is 5.76 Å². The molecule has 0 atom stereocenters. The lowest BCUT2D eigenvalue weighted by atomic mass is 10.3. The van der Waals surface area contributed by atoms with Gasteiger partial charge in [-0.3, -0.25) is 4.79 Å². The van der Waals surface area contributed by atoms with Crippen molar-refractivity contribution in [2.24, 2.45) is 0 Å². The third-order valence-electron chi connectivity index (χ3n) is 3.21. The summed E-state index contributed by atoms with van der Waals surface area (Å²) >= 11 is 0. The second-order valence-electron chi connectivity index (χ2n) is 4.31. The molecule has 0 radical (unpaired) electrons. The molecule has 1 aliphatic heterocycles. The van der Waals surface area contributed by atoms with Gasteiger partial charge in [-0.2, -0.15) is 0 Å². The van der Waals surface area contributed by atoms with Gasteiger partial charge in [0, 0.05) is 0 Å². The van der Waals surface area contributed by atoms with Crippen LogP contribution in [0.15, 0.2) is 16.5 Å². The van der Waals surface area contributed by atoms with Crippen LogP contribution in [-0.4, -0.2) is 43.5 Å². The van der Waals surface area contributed by atoms with Crippen LogP contribution in [0, 0.1) is 6.92 Å². The molecule has 0 aromatic carbocycles. The van der Waals surface area contributed by atoms with Crippen LogP contribution >= 0.6 is 0 Å². The van der Waals surface area contributed by atoms with Gasteiger partial charge in [0.1, 0.15) is 5.76 Å². The molecule has 1 aromatic heterocycles. The first-order valence-corrected chi connectivity index (χ1v) is 5.90. The molecule has 1 saturated heterocycles. The highest BCUT2D eigenvalue weighted by atomic mass is 16.3. The topological polar surface area (TPSA) is 37.9 Å². The summed E-state index contributed by atoms with van der Waals surface area (Å²) in [7, 11) is 0. The highest BCUT2D eigenvalue weighted by Crippen LogP contribution is 2.09. The molecule has 0 spiro atoms. The number of rotatable bonds is 2. The summed E-state index contributed by atoms with van der Waals surface area (Å²) in [6.45, 7) is 8.94. The normalized spacial score (nSPS) is 17.8. The quantitative estimate of drug-likeness (QED) is 0.763. The van der Waals surface area contributed by atoms with Gasteiger partial charge in [-0.25, -0.2) is 0 Å². The lowest BCUT2D eigenvalue weighted by Gasteiger charge is -2.31. The minimum absolute atomic E-state index is 0.0308. The van der Waals surface area contributed by atoms with E-state index in [1.165, 1.54) is 0 Å². The Morgan fingerprint density at radius 1 is 1.44 bits per heavy atom. The summed E-state index contributed by atoms with van der Waals surface area (Å²) in [4.78, 5) is 15.5. The van der Waals surface area contributed by atoms with Crippen molar-refractivity contribution in [1.29, 1.82) is 0 Å². The van der Waals surface area contributed by atoms with Crippen LogP contribution in [0.1, 0.15) is 23.2 Å². The molecule has 1 aromatic rings. The number of nitrogens with one attached hydrogen (secondary N) is 1. The van der Waals surface area contributed by atoms with Crippen molar-refractivity contribution in [3.63, 3.8) is 0 Å². The predicted octanol–water partition coefficient (Wildman–Crippen LogP) is -0.0514. The van der Waals surface area contributed by atoms with E-state index < -0.39 is 0 Å². The molecule has 16 heavy (non-hydrogen) atoms. The number of carbonyl (C=O) groups excluding carboxylic acids is 1. The molecule has 0 bridgehead atoms. The van der Waals surface area contributed by atoms with Crippen LogP contribution in [0.25, 0.3) is 0 Å². The van der Waals surface area contributed by atoms with E-state index in [1.807, 2.05) is 17.9 Å². The van der Waals surface area contributed by atoms with Crippen molar-refractivity contribution in [3.05, 3.63) is 23.7 Å². The summed E-state index contributed by atoms with van der Waals surface area (Å²) in [6, 6.07) is 3.59. The molecule has 0 saturated carbocycles. The molecule has 1 fully saturated rings. The van der Waals surface area contributed by atoms with Crippen molar-refractivity contribution in [2.45, 2.75) is 13.8 Å². The third-order valence-corrected chi connectivity index (χ3v) is 3.21. The monoisotopic (exact) mass is 223 g/mol. The third kappa shape index (κ3) is 2.27. The van der Waals surface area contributed by atoms with Gasteiger partial charge in [0.05, 0.1) is 32.7 Å². The molecule has 0 aliphatic carbocycles.